The van der Waals surface area contributed by atoms with E-state index < -0.39 is 0 Å². The van der Waals surface area contributed by atoms with Crippen molar-refractivity contribution in [3.63, 3.8) is 0 Å². The molecule has 21 heavy (non-hydrogen) atoms. The Hall–Kier alpha value is -1.32. The zero-order valence-corrected chi connectivity index (χ0v) is 13.5. The fraction of sp³-hybridized carbons (Fsp3) is 0.765. The van der Waals surface area contributed by atoms with Crippen LogP contribution in [0.1, 0.15) is 51.4 Å². The largest absolute Gasteiger partial charge is 0.383 e. The number of nitrogens with two attached hydrogens (primary N) is 1. The maximum atomic E-state index is 6.11. The molecular weight excluding hydrogens is 260 g/mol. The molecule has 3 aliphatic carbocycles. The van der Waals surface area contributed by atoms with Gasteiger partial charge in [-0.15, -0.1) is 0 Å². The van der Waals surface area contributed by atoms with Gasteiger partial charge in [-0.05, 0) is 49.9 Å². The summed E-state index contributed by atoms with van der Waals surface area (Å²) in [6.45, 7) is 8.42. The molecule has 0 radical (unpaired) electrons. The normalized spacial score (nSPS) is 36.7. The summed E-state index contributed by atoms with van der Waals surface area (Å²) in [6.07, 6.45) is 4.37. The van der Waals surface area contributed by atoms with Crippen molar-refractivity contribution < 1.29 is 0 Å². The van der Waals surface area contributed by atoms with Gasteiger partial charge in [0.2, 0.25) is 0 Å². The summed E-state index contributed by atoms with van der Waals surface area (Å²) in [6, 6.07) is 0.636. The van der Waals surface area contributed by atoms with Crippen LogP contribution in [0.2, 0.25) is 0 Å². The van der Waals surface area contributed by atoms with E-state index in [1.165, 1.54) is 19.3 Å². The molecule has 0 amide bonds. The summed E-state index contributed by atoms with van der Waals surface area (Å²) >= 11 is 0. The van der Waals surface area contributed by atoms with Crippen LogP contribution >= 0.6 is 0 Å². The van der Waals surface area contributed by atoms with E-state index in [4.69, 9.17) is 10.7 Å². The molecule has 4 rings (SSSR count). The van der Waals surface area contributed by atoms with Crippen molar-refractivity contribution in [2.24, 2.45) is 23.7 Å². The molecule has 0 spiro atoms. The topological polar surface area (TPSA) is 63.8 Å². The van der Waals surface area contributed by atoms with E-state index in [1.54, 1.807) is 0 Å². The Morgan fingerprint density at radius 1 is 1.10 bits per heavy atom. The highest BCUT2D eigenvalue weighted by atomic mass is 15.1. The third-order valence-corrected chi connectivity index (χ3v) is 5.89. The number of rotatable bonds is 2. The lowest BCUT2D eigenvalue weighted by molar-refractivity contribution is 0.456. The standard InChI is InChI=1S/C17H26N4/c1-8-14(18)20-16(17(2,3)4)21-15(8)19-13-11-9-5-6-10(7-9)12(11)13/h9-13H,5-7H2,1-4H3,(H3,18,19,20,21). The molecule has 0 saturated heterocycles. The highest BCUT2D eigenvalue weighted by Crippen LogP contribution is 2.66. The zero-order valence-electron chi connectivity index (χ0n) is 13.5. The van der Waals surface area contributed by atoms with Crippen LogP contribution in [-0.2, 0) is 5.41 Å². The minimum absolute atomic E-state index is 0.0727. The molecule has 4 heteroatoms. The van der Waals surface area contributed by atoms with Crippen LogP contribution in [0.3, 0.4) is 0 Å². The number of fused-ring (bicyclic) bond motifs is 5. The molecule has 2 bridgehead atoms. The molecule has 4 unspecified atom stereocenters. The van der Waals surface area contributed by atoms with Crippen LogP contribution in [0, 0.1) is 30.6 Å². The molecule has 4 atom stereocenters. The van der Waals surface area contributed by atoms with Gasteiger partial charge in [0.25, 0.3) is 0 Å². The number of nitrogens with zero attached hydrogens (tertiary/aromatic N) is 2. The molecule has 0 aliphatic heterocycles. The average molecular weight is 286 g/mol. The molecule has 114 valence electrons. The van der Waals surface area contributed by atoms with Gasteiger partial charge >= 0.3 is 0 Å². The van der Waals surface area contributed by atoms with Gasteiger partial charge in [-0.1, -0.05) is 20.8 Å². The van der Waals surface area contributed by atoms with Gasteiger partial charge in [0, 0.05) is 17.0 Å². The number of aromatic nitrogens is 2. The van der Waals surface area contributed by atoms with E-state index in [9.17, 15) is 0 Å². The van der Waals surface area contributed by atoms with Crippen LogP contribution in [0.5, 0.6) is 0 Å². The Labute approximate surface area is 126 Å². The van der Waals surface area contributed by atoms with Gasteiger partial charge in [0.05, 0.1) is 0 Å². The van der Waals surface area contributed by atoms with Gasteiger partial charge in [-0.25, -0.2) is 9.97 Å². The molecule has 0 aromatic carbocycles. The highest BCUT2D eigenvalue weighted by molar-refractivity contribution is 5.56. The van der Waals surface area contributed by atoms with Crippen LogP contribution in [-0.4, -0.2) is 16.0 Å². The molecule has 4 nitrogen and oxygen atoms in total. The Bertz CT molecular complexity index is 573. The van der Waals surface area contributed by atoms with Crippen LogP contribution < -0.4 is 11.1 Å². The number of nitrogen functional groups attached to an aromatic ring is 1. The lowest BCUT2D eigenvalue weighted by atomic mass is 9.95. The second-order valence-electron chi connectivity index (χ2n) is 8.31. The molecule has 3 saturated carbocycles. The first kappa shape index (κ1) is 13.4. The van der Waals surface area contributed by atoms with Crippen molar-refractivity contribution in [2.75, 3.05) is 11.1 Å². The van der Waals surface area contributed by atoms with Crippen LogP contribution in [0.15, 0.2) is 0 Å². The first-order valence-electron chi connectivity index (χ1n) is 8.27. The van der Waals surface area contributed by atoms with Crippen LogP contribution in [0.4, 0.5) is 11.6 Å². The summed E-state index contributed by atoms with van der Waals surface area (Å²) in [7, 11) is 0. The number of hydrogen-bond donors (Lipinski definition) is 2. The molecule has 3 N–H and O–H groups in total. The maximum Gasteiger partial charge on any atom is 0.138 e. The van der Waals surface area contributed by atoms with Gasteiger partial charge in [-0.3, -0.25) is 0 Å². The van der Waals surface area contributed by atoms with Gasteiger partial charge < -0.3 is 11.1 Å². The predicted molar refractivity (Wildman–Crippen MR) is 85.1 cm³/mol. The molecule has 3 aliphatic rings. The van der Waals surface area contributed by atoms with Gasteiger partial charge in [0.1, 0.15) is 17.5 Å². The summed E-state index contributed by atoms with van der Waals surface area (Å²) in [4.78, 5) is 9.25. The Morgan fingerprint density at radius 2 is 1.71 bits per heavy atom. The number of hydrogen-bond acceptors (Lipinski definition) is 4. The van der Waals surface area contributed by atoms with E-state index in [0.29, 0.717) is 11.9 Å². The average Bonchev–Trinajstić information content (AvgIpc) is 2.80. The van der Waals surface area contributed by atoms with Crippen molar-refractivity contribution >= 4 is 11.6 Å². The minimum Gasteiger partial charge on any atom is -0.383 e. The molecule has 1 heterocycles. The van der Waals surface area contributed by atoms with E-state index >= 15 is 0 Å². The third-order valence-electron chi connectivity index (χ3n) is 5.89. The fourth-order valence-electron chi connectivity index (χ4n) is 4.69. The monoisotopic (exact) mass is 286 g/mol. The zero-order chi connectivity index (χ0) is 14.9. The van der Waals surface area contributed by atoms with Crippen LogP contribution in [0.25, 0.3) is 0 Å². The van der Waals surface area contributed by atoms with Crippen molar-refractivity contribution in [2.45, 2.75) is 58.4 Å². The molecule has 1 aromatic heterocycles. The van der Waals surface area contributed by atoms with Crippen molar-refractivity contribution in [3.8, 4) is 0 Å². The second-order valence-corrected chi connectivity index (χ2v) is 8.31. The minimum atomic E-state index is -0.0727. The first-order valence-corrected chi connectivity index (χ1v) is 8.27. The summed E-state index contributed by atoms with van der Waals surface area (Å²) in [5.74, 6) is 6.16. The summed E-state index contributed by atoms with van der Waals surface area (Å²) in [5.41, 5.74) is 7.03. The van der Waals surface area contributed by atoms with Gasteiger partial charge in [-0.2, -0.15) is 0 Å². The van der Waals surface area contributed by atoms with Gasteiger partial charge in [0.15, 0.2) is 0 Å². The first-order chi connectivity index (χ1) is 9.86. The number of anilines is 2. The summed E-state index contributed by atoms with van der Waals surface area (Å²) < 4.78 is 0. The number of nitrogens with one attached hydrogen (secondary N) is 1. The van der Waals surface area contributed by atoms with E-state index in [0.717, 1.165) is 40.9 Å². The molecule has 1 aromatic rings. The maximum absolute atomic E-state index is 6.11. The fourth-order valence-corrected chi connectivity index (χ4v) is 4.69. The van der Waals surface area contributed by atoms with E-state index in [2.05, 4.69) is 31.1 Å². The summed E-state index contributed by atoms with van der Waals surface area (Å²) in [5, 5.41) is 3.71. The molecule has 3 fully saturated rings. The quantitative estimate of drug-likeness (QED) is 0.876. The Kier molecular flexibility index (Phi) is 2.61. The third kappa shape index (κ3) is 1.95. The van der Waals surface area contributed by atoms with Crippen molar-refractivity contribution in [3.05, 3.63) is 11.4 Å². The van der Waals surface area contributed by atoms with E-state index in [1.807, 2.05) is 6.92 Å². The lowest BCUT2D eigenvalue weighted by Gasteiger charge is -2.20. The van der Waals surface area contributed by atoms with Crippen molar-refractivity contribution in [1.29, 1.82) is 0 Å². The Morgan fingerprint density at radius 3 is 2.29 bits per heavy atom. The van der Waals surface area contributed by atoms with E-state index in [-0.39, 0.29) is 5.41 Å². The SMILES string of the molecule is Cc1c(N)nc(C(C)(C)C)nc1NC1C2C3CCC(C3)C12. The van der Waals surface area contributed by atoms with Crippen molar-refractivity contribution in [1.82, 2.24) is 9.97 Å². The smallest absolute Gasteiger partial charge is 0.138 e. The molecular formula is C17H26N4. The Balaban J connectivity index is 1.60. The second kappa shape index (κ2) is 4.11. The highest BCUT2D eigenvalue weighted by Gasteiger charge is 2.65. The lowest BCUT2D eigenvalue weighted by Crippen LogP contribution is -2.21. The predicted octanol–water partition coefficient (Wildman–Crippen LogP) is 3.12.